The number of allylic oxidation sites excluding steroid dienone is 1. The number of likely N-dealkylation sites (tertiary alicyclic amines) is 1. The molecule has 0 bridgehead atoms. The second kappa shape index (κ2) is 6.68. The van der Waals surface area contributed by atoms with E-state index >= 15 is 0 Å². The molecule has 25 heavy (non-hydrogen) atoms. The molecule has 3 rings (SSSR count). The number of aryl methyl sites for hydroxylation is 1. The van der Waals surface area contributed by atoms with Crippen molar-refractivity contribution in [1.29, 1.82) is 0 Å². The van der Waals surface area contributed by atoms with Gasteiger partial charge >= 0.3 is 5.97 Å². The Bertz CT molecular complexity index is 737. The average molecular weight is 341 g/mol. The topological polar surface area (TPSA) is 38.8 Å². The standard InChI is InChI=1S/C21H27NO3/c1-14(2)20(23)25-17-8-9-21(10-11-22(4)19(21)13-17)16-6-7-18(24-5)15(3)12-16/h6-7,12-13,19H,1,8-11H2,2-5H3/t19-,21-/m0/s1. The lowest BCUT2D eigenvalue weighted by Gasteiger charge is -2.40. The predicted octanol–water partition coefficient (Wildman–Crippen LogP) is 3.74. The molecule has 0 saturated carbocycles. The molecule has 1 aromatic carbocycles. The van der Waals surface area contributed by atoms with E-state index < -0.39 is 0 Å². The van der Waals surface area contributed by atoms with E-state index in [1.165, 1.54) is 5.56 Å². The first-order valence-electron chi connectivity index (χ1n) is 8.81. The Morgan fingerprint density at radius 2 is 2.12 bits per heavy atom. The first kappa shape index (κ1) is 17.7. The van der Waals surface area contributed by atoms with E-state index in [4.69, 9.17) is 9.47 Å². The summed E-state index contributed by atoms with van der Waals surface area (Å²) in [5.74, 6) is 1.36. The van der Waals surface area contributed by atoms with Crippen LogP contribution >= 0.6 is 0 Å². The minimum absolute atomic E-state index is 0.0743. The van der Waals surface area contributed by atoms with E-state index in [1.807, 2.05) is 0 Å². The second-order valence-electron chi connectivity index (χ2n) is 7.32. The minimum Gasteiger partial charge on any atom is -0.496 e. The summed E-state index contributed by atoms with van der Waals surface area (Å²) in [4.78, 5) is 14.2. The van der Waals surface area contributed by atoms with Gasteiger partial charge in [0, 0.05) is 23.5 Å². The van der Waals surface area contributed by atoms with E-state index in [2.05, 4.69) is 49.7 Å². The SMILES string of the molecule is C=C(C)C(=O)OC1=C[C@@H]2N(C)CC[C@]2(c2ccc(OC)c(C)c2)CC1. The fourth-order valence-corrected chi connectivity index (χ4v) is 4.19. The first-order valence-corrected chi connectivity index (χ1v) is 8.81. The number of fused-ring (bicyclic) bond motifs is 1. The molecule has 0 N–H and O–H groups in total. The quantitative estimate of drug-likeness (QED) is 0.618. The Labute approximate surface area is 150 Å². The number of rotatable bonds is 4. The summed E-state index contributed by atoms with van der Waals surface area (Å²) in [5.41, 5.74) is 3.02. The maximum Gasteiger partial charge on any atom is 0.338 e. The Hall–Kier alpha value is -2.07. The highest BCUT2D eigenvalue weighted by Crippen LogP contribution is 2.48. The lowest BCUT2D eigenvalue weighted by Crippen LogP contribution is -2.42. The van der Waals surface area contributed by atoms with Gasteiger partial charge in [-0.05, 0) is 63.6 Å². The normalized spacial score (nSPS) is 25.9. The molecule has 134 valence electrons. The van der Waals surface area contributed by atoms with Crippen LogP contribution in [0.25, 0.3) is 0 Å². The Morgan fingerprint density at radius 1 is 1.36 bits per heavy atom. The van der Waals surface area contributed by atoms with Gasteiger partial charge in [0.15, 0.2) is 0 Å². The molecule has 1 heterocycles. The van der Waals surface area contributed by atoms with Gasteiger partial charge in [-0.15, -0.1) is 0 Å². The molecule has 1 fully saturated rings. The zero-order valence-electron chi connectivity index (χ0n) is 15.6. The third-order valence-corrected chi connectivity index (χ3v) is 5.65. The van der Waals surface area contributed by atoms with Gasteiger partial charge in [-0.25, -0.2) is 4.79 Å². The van der Waals surface area contributed by atoms with Gasteiger partial charge in [0.25, 0.3) is 0 Å². The van der Waals surface area contributed by atoms with Crippen molar-refractivity contribution in [2.75, 3.05) is 20.7 Å². The number of methoxy groups -OCH3 is 1. The summed E-state index contributed by atoms with van der Waals surface area (Å²) in [6, 6.07) is 6.75. The summed E-state index contributed by atoms with van der Waals surface area (Å²) >= 11 is 0. The van der Waals surface area contributed by atoms with Crippen LogP contribution in [-0.2, 0) is 14.9 Å². The lowest BCUT2D eigenvalue weighted by molar-refractivity contribution is -0.135. The Morgan fingerprint density at radius 3 is 2.76 bits per heavy atom. The Balaban J connectivity index is 1.94. The second-order valence-corrected chi connectivity index (χ2v) is 7.32. The van der Waals surface area contributed by atoms with Crippen molar-refractivity contribution >= 4 is 5.97 Å². The van der Waals surface area contributed by atoms with Crippen molar-refractivity contribution in [3.63, 3.8) is 0 Å². The summed E-state index contributed by atoms with van der Waals surface area (Å²) in [6.45, 7) is 8.47. The summed E-state index contributed by atoms with van der Waals surface area (Å²) < 4.78 is 10.9. The van der Waals surface area contributed by atoms with E-state index in [-0.39, 0.29) is 17.4 Å². The molecule has 4 nitrogen and oxygen atoms in total. The number of hydrogen-bond donors (Lipinski definition) is 0. The van der Waals surface area contributed by atoms with Gasteiger partial charge in [-0.1, -0.05) is 18.7 Å². The molecule has 0 aromatic heterocycles. The van der Waals surface area contributed by atoms with Crippen molar-refractivity contribution in [2.24, 2.45) is 0 Å². The third-order valence-electron chi connectivity index (χ3n) is 5.65. The molecule has 4 heteroatoms. The van der Waals surface area contributed by atoms with Crippen LogP contribution in [0.2, 0.25) is 0 Å². The van der Waals surface area contributed by atoms with Gasteiger partial charge in [-0.2, -0.15) is 0 Å². The smallest absolute Gasteiger partial charge is 0.338 e. The Kier molecular flexibility index (Phi) is 4.74. The monoisotopic (exact) mass is 341 g/mol. The van der Waals surface area contributed by atoms with Gasteiger partial charge in [0.2, 0.25) is 0 Å². The fourth-order valence-electron chi connectivity index (χ4n) is 4.19. The minimum atomic E-state index is -0.334. The summed E-state index contributed by atoms with van der Waals surface area (Å²) in [7, 11) is 3.85. The number of nitrogens with zero attached hydrogens (tertiary/aromatic N) is 1. The molecule has 0 unspecified atom stereocenters. The molecule has 2 aliphatic rings. The molecule has 1 aromatic rings. The number of benzene rings is 1. The average Bonchev–Trinajstić information content (AvgIpc) is 2.92. The largest absolute Gasteiger partial charge is 0.496 e. The van der Waals surface area contributed by atoms with Crippen LogP contribution in [-0.4, -0.2) is 37.6 Å². The van der Waals surface area contributed by atoms with E-state index in [1.54, 1.807) is 14.0 Å². The van der Waals surface area contributed by atoms with Crippen LogP contribution in [0.5, 0.6) is 5.75 Å². The van der Waals surface area contributed by atoms with Crippen LogP contribution in [0.15, 0.2) is 42.2 Å². The highest BCUT2D eigenvalue weighted by Gasteiger charge is 2.48. The molecule has 1 saturated heterocycles. The van der Waals surface area contributed by atoms with Gasteiger partial charge < -0.3 is 9.47 Å². The summed E-state index contributed by atoms with van der Waals surface area (Å²) in [5, 5.41) is 0. The third kappa shape index (κ3) is 3.11. The number of carbonyl (C=O) groups is 1. The van der Waals surface area contributed by atoms with Crippen LogP contribution < -0.4 is 4.74 Å². The highest BCUT2D eigenvalue weighted by molar-refractivity contribution is 5.87. The molecule has 1 aliphatic heterocycles. The lowest BCUT2D eigenvalue weighted by atomic mass is 9.68. The fraction of sp³-hybridized carbons (Fsp3) is 0.476. The summed E-state index contributed by atoms with van der Waals surface area (Å²) in [6.07, 6.45) is 4.99. The van der Waals surface area contributed by atoms with E-state index in [0.717, 1.165) is 42.9 Å². The molecule has 2 atom stereocenters. The van der Waals surface area contributed by atoms with Gasteiger partial charge in [0.1, 0.15) is 11.5 Å². The van der Waals surface area contributed by atoms with Crippen molar-refractivity contribution in [3.05, 3.63) is 53.3 Å². The zero-order chi connectivity index (χ0) is 18.2. The zero-order valence-corrected chi connectivity index (χ0v) is 15.6. The van der Waals surface area contributed by atoms with Gasteiger partial charge in [-0.3, -0.25) is 4.90 Å². The van der Waals surface area contributed by atoms with Crippen molar-refractivity contribution < 1.29 is 14.3 Å². The van der Waals surface area contributed by atoms with Gasteiger partial charge in [0.05, 0.1) is 7.11 Å². The van der Waals surface area contributed by atoms with Crippen molar-refractivity contribution in [2.45, 2.75) is 44.6 Å². The number of ether oxygens (including phenoxy) is 2. The maximum atomic E-state index is 11.9. The van der Waals surface area contributed by atoms with E-state index in [0.29, 0.717) is 5.57 Å². The van der Waals surface area contributed by atoms with Crippen LogP contribution in [0.1, 0.15) is 37.3 Å². The molecular formula is C21H27NO3. The maximum absolute atomic E-state index is 11.9. The highest BCUT2D eigenvalue weighted by atomic mass is 16.5. The number of carbonyl (C=O) groups excluding carboxylic acids is 1. The first-order chi connectivity index (χ1) is 11.9. The van der Waals surface area contributed by atoms with Crippen LogP contribution in [0, 0.1) is 6.92 Å². The predicted molar refractivity (Wildman–Crippen MR) is 98.7 cm³/mol. The molecular weight excluding hydrogens is 314 g/mol. The van der Waals surface area contributed by atoms with Crippen LogP contribution in [0.4, 0.5) is 0 Å². The molecule has 0 amide bonds. The van der Waals surface area contributed by atoms with Crippen molar-refractivity contribution in [1.82, 2.24) is 4.90 Å². The number of likely N-dealkylation sites (N-methyl/N-ethyl adjacent to an activating group) is 1. The van der Waals surface area contributed by atoms with Crippen LogP contribution in [0.3, 0.4) is 0 Å². The molecule has 1 aliphatic carbocycles. The number of esters is 1. The van der Waals surface area contributed by atoms with Crippen molar-refractivity contribution in [3.8, 4) is 5.75 Å². The number of hydrogen-bond acceptors (Lipinski definition) is 4. The molecule has 0 spiro atoms. The van der Waals surface area contributed by atoms with E-state index in [9.17, 15) is 4.79 Å². The molecule has 0 radical (unpaired) electrons.